The highest BCUT2D eigenvalue weighted by Crippen LogP contribution is 2.17. The molecule has 1 amide bonds. The van der Waals surface area contributed by atoms with Gasteiger partial charge in [-0.3, -0.25) is 4.79 Å². The molecular formula is C12H14ClFN2O. The maximum absolute atomic E-state index is 13.6. The maximum Gasteiger partial charge on any atom is 0.256 e. The Bertz CT molecular complexity index is 439. The van der Waals surface area contributed by atoms with Crippen LogP contribution in [0.5, 0.6) is 0 Å². The molecular weight excluding hydrogens is 243 g/mol. The van der Waals surface area contributed by atoms with Gasteiger partial charge in [-0.05, 0) is 25.1 Å². The third-order valence-corrected chi connectivity index (χ3v) is 3.05. The van der Waals surface area contributed by atoms with Crippen LogP contribution in [0, 0.1) is 5.82 Å². The number of piperazine rings is 1. The molecule has 17 heavy (non-hydrogen) atoms. The standard InChI is InChI=1S/C12H14ClFN2O/c1-8-7-16(5-4-15-8)12(17)10-3-2-9(13)6-11(10)14/h2-3,6,8,15H,4-5,7H2,1H3/t8-/m1/s1. The number of hydrogen-bond acceptors (Lipinski definition) is 2. The topological polar surface area (TPSA) is 32.3 Å². The lowest BCUT2D eigenvalue weighted by molar-refractivity contribution is 0.0704. The summed E-state index contributed by atoms with van der Waals surface area (Å²) in [6.07, 6.45) is 0. The third kappa shape index (κ3) is 2.76. The first-order valence-electron chi connectivity index (χ1n) is 5.55. The molecule has 1 fully saturated rings. The molecule has 1 atom stereocenters. The van der Waals surface area contributed by atoms with Gasteiger partial charge in [-0.2, -0.15) is 0 Å². The Labute approximate surface area is 105 Å². The van der Waals surface area contributed by atoms with E-state index in [1.807, 2.05) is 6.92 Å². The smallest absolute Gasteiger partial charge is 0.256 e. The molecule has 5 heteroatoms. The van der Waals surface area contributed by atoms with Gasteiger partial charge in [-0.1, -0.05) is 11.6 Å². The van der Waals surface area contributed by atoms with Gasteiger partial charge in [0.2, 0.25) is 0 Å². The van der Waals surface area contributed by atoms with Crippen molar-refractivity contribution in [1.82, 2.24) is 10.2 Å². The van der Waals surface area contributed by atoms with Crippen molar-refractivity contribution in [2.75, 3.05) is 19.6 Å². The summed E-state index contributed by atoms with van der Waals surface area (Å²) in [7, 11) is 0. The number of hydrogen-bond donors (Lipinski definition) is 1. The van der Waals surface area contributed by atoms with Crippen LogP contribution in [0.1, 0.15) is 17.3 Å². The number of carbonyl (C=O) groups excluding carboxylic acids is 1. The fourth-order valence-corrected chi connectivity index (χ4v) is 2.11. The second kappa shape index (κ2) is 5.02. The quantitative estimate of drug-likeness (QED) is 0.833. The van der Waals surface area contributed by atoms with Gasteiger partial charge >= 0.3 is 0 Å². The van der Waals surface area contributed by atoms with Gasteiger partial charge in [0.1, 0.15) is 5.82 Å². The molecule has 2 rings (SSSR count). The van der Waals surface area contributed by atoms with Gasteiger partial charge in [0.15, 0.2) is 0 Å². The maximum atomic E-state index is 13.6. The Balaban J connectivity index is 2.18. The minimum absolute atomic E-state index is 0.0866. The Morgan fingerprint density at radius 1 is 1.59 bits per heavy atom. The van der Waals surface area contributed by atoms with E-state index in [9.17, 15) is 9.18 Å². The summed E-state index contributed by atoms with van der Waals surface area (Å²) >= 11 is 5.66. The highest BCUT2D eigenvalue weighted by Gasteiger charge is 2.23. The average Bonchev–Trinajstić information content (AvgIpc) is 2.28. The number of nitrogens with one attached hydrogen (secondary N) is 1. The Morgan fingerprint density at radius 2 is 2.35 bits per heavy atom. The zero-order valence-corrected chi connectivity index (χ0v) is 10.3. The normalized spacial score (nSPS) is 20.4. The van der Waals surface area contributed by atoms with Crippen LogP contribution < -0.4 is 5.32 Å². The molecule has 0 aromatic heterocycles. The zero-order valence-electron chi connectivity index (χ0n) is 9.54. The molecule has 3 nitrogen and oxygen atoms in total. The molecule has 1 aromatic carbocycles. The number of carbonyl (C=O) groups is 1. The number of amides is 1. The highest BCUT2D eigenvalue weighted by molar-refractivity contribution is 6.30. The minimum Gasteiger partial charge on any atom is -0.336 e. The van der Waals surface area contributed by atoms with Gasteiger partial charge in [-0.15, -0.1) is 0 Å². The Hall–Kier alpha value is -1.13. The summed E-state index contributed by atoms with van der Waals surface area (Å²) in [5, 5.41) is 3.53. The molecule has 1 heterocycles. The molecule has 0 bridgehead atoms. The van der Waals surface area contributed by atoms with Crippen molar-refractivity contribution in [3.05, 3.63) is 34.6 Å². The van der Waals surface area contributed by atoms with E-state index < -0.39 is 5.82 Å². The van der Waals surface area contributed by atoms with E-state index in [-0.39, 0.29) is 17.5 Å². The van der Waals surface area contributed by atoms with Gasteiger partial charge in [0.25, 0.3) is 5.91 Å². The van der Waals surface area contributed by atoms with E-state index in [1.54, 1.807) is 4.90 Å². The number of benzene rings is 1. The second-order valence-electron chi connectivity index (χ2n) is 4.23. The first-order valence-corrected chi connectivity index (χ1v) is 5.93. The highest BCUT2D eigenvalue weighted by atomic mass is 35.5. The minimum atomic E-state index is -0.561. The first kappa shape index (κ1) is 12.3. The van der Waals surface area contributed by atoms with Crippen molar-refractivity contribution in [3.63, 3.8) is 0 Å². The van der Waals surface area contributed by atoms with Crippen LogP contribution in [-0.4, -0.2) is 36.5 Å². The van der Waals surface area contributed by atoms with Gasteiger partial charge in [-0.25, -0.2) is 4.39 Å². The summed E-state index contributed by atoms with van der Waals surface area (Å²) in [5.41, 5.74) is 0.0866. The zero-order chi connectivity index (χ0) is 12.4. The van der Waals surface area contributed by atoms with Crippen LogP contribution in [0.4, 0.5) is 4.39 Å². The molecule has 0 aliphatic carbocycles. The van der Waals surface area contributed by atoms with Crippen LogP contribution in [0.3, 0.4) is 0 Å². The number of rotatable bonds is 1. The SMILES string of the molecule is C[C@@H]1CN(C(=O)c2ccc(Cl)cc2F)CCN1. The largest absolute Gasteiger partial charge is 0.336 e. The van der Waals surface area contributed by atoms with Crippen LogP contribution in [-0.2, 0) is 0 Å². The summed E-state index contributed by atoms with van der Waals surface area (Å²) in [6, 6.07) is 4.37. The Morgan fingerprint density at radius 3 is 3.00 bits per heavy atom. The Kier molecular flexibility index (Phi) is 3.64. The van der Waals surface area contributed by atoms with E-state index in [0.717, 1.165) is 6.54 Å². The molecule has 0 saturated carbocycles. The van der Waals surface area contributed by atoms with Crippen LogP contribution in [0.2, 0.25) is 5.02 Å². The van der Waals surface area contributed by atoms with Crippen LogP contribution >= 0.6 is 11.6 Å². The fourth-order valence-electron chi connectivity index (χ4n) is 1.95. The molecule has 0 radical (unpaired) electrons. The van der Waals surface area contributed by atoms with E-state index in [4.69, 9.17) is 11.6 Å². The number of nitrogens with zero attached hydrogens (tertiary/aromatic N) is 1. The first-order chi connectivity index (χ1) is 8.08. The lowest BCUT2D eigenvalue weighted by Crippen LogP contribution is -2.51. The van der Waals surface area contributed by atoms with Gasteiger partial charge < -0.3 is 10.2 Å². The van der Waals surface area contributed by atoms with E-state index in [1.165, 1.54) is 18.2 Å². The van der Waals surface area contributed by atoms with Crippen molar-refractivity contribution in [2.24, 2.45) is 0 Å². The molecule has 1 aliphatic heterocycles. The van der Waals surface area contributed by atoms with Crippen LogP contribution in [0.25, 0.3) is 0 Å². The summed E-state index contributed by atoms with van der Waals surface area (Å²) in [4.78, 5) is 13.8. The van der Waals surface area contributed by atoms with E-state index in [2.05, 4.69) is 5.32 Å². The van der Waals surface area contributed by atoms with Crippen molar-refractivity contribution in [2.45, 2.75) is 13.0 Å². The summed E-state index contributed by atoms with van der Waals surface area (Å²) in [5.74, 6) is -0.832. The fraction of sp³-hybridized carbons (Fsp3) is 0.417. The average molecular weight is 257 g/mol. The molecule has 1 aromatic rings. The lowest BCUT2D eigenvalue weighted by atomic mass is 10.1. The monoisotopic (exact) mass is 256 g/mol. The molecule has 0 spiro atoms. The third-order valence-electron chi connectivity index (χ3n) is 2.82. The molecule has 0 unspecified atom stereocenters. The van der Waals surface area contributed by atoms with Crippen molar-refractivity contribution >= 4 is 17.5 Å². The van der Waals surface area contributed by atoms with Crippen molar-refractivity contribution in [1.29, 1.82) is 0 Å². The van der Waals surface area contributed by atoms with E-state index >= 15 is 0 Å². The van der Waals surface area contributed by atoms with Crippen molar-refractivity contribution in [3.8, 4) is 0 Å². The van der Waals surface area contributed by atoms with E-state index in [0.29, 0.717) is 18.1 Å². The molecule has 1 N–H and O–H groups in total. The van der Waals surface area contributed by atoms with Crippen LogP contribution in [0.15, 0.2) is 18.2 Å². The second-order valence-corrected chi connectivity index (χ2v) is 4.67. The van der Waals surface area contributed by atoms with Gasteiger partial charge in [0, 0.05) is 30.7 Å². The molecule has 1 aliphatic rings. The lowest BCUT2D eigenvalue weighted by Gasteiger charge is -2.32. The number of halogens is 2. The predicted octanol–water partition coefficient (Wildman–Crippen LogP) is 1.91. The van der Waals surface area contributed by atoms with Crippen molar-refractivity contribution < 1.29 is 9.18 Å². The predicted molar refractivity (Wildman–Crippen MR) is 64.8 cm³/mol. The summed E-state index contributed by atoms with van der Waals surface area (Å²) < 4.78 is 13.6. The molecule has 1 saturated heterocycles. The molecule has 92 valence electrons. The summed E-state index contributed by atoms with van der Waals surface area (Å²) in [6.45, 7) is 3.94. The van der Waals surface area contributed by atoms with Gasteiger partial charge in [0.05, 0.1) is 5.56 Å².